The highest BCUT2D eigenvalue weighted by Gasteiger charge is 2.34. The highest BCUT2D eigenvalue weighted by atomic mass is 16.2. The van der Waals surface area contributed by atoms with Crippen molar-refractivity contribution >= 4 is 17.6 Å². The zero-order chi connectivity index (χ0) is 22.8. The number of carbonyl (C=O) groups excluding carboxylic acids is 2. The van der Waals surface area contributed by atoms with Crippen molar-refractivity contribution in [2.24, 2.45) is 5.92 Å². The Morgan fingerprint density at radius 1 is 1.06 bits per heavy atom. The van der Waals surface area contributed by atoms with Crippen molar-refractivity contribution in [1.82, 2.24) is 14.9 Å². The number of carbonyl (C=O) groups is 2. The molecule has 33 heavy (non-hydrogen) atoms. The molecule has 2 fully saturated rings. The van der Waals surface area contributed by atoms with E-state index >= 15 is 0 Å². The molecule has 1 atom stereocenters. The molecule has 2 amide bonds. The summed E-state index contributed by atoms with van der Waals surface area (Å²) in [5.74, 6) is 2.78. The molecule has 3 heterocycles. The fourth-order valence-electron chi connectivity index (χ4n) is 5.71. The molecular formula is C27H34N4O2. The summed E-state index contributed by atoms with van der Waals surface area (Å²) in [5.41, 5.74) is 2.93. The Kier molecular flexibility index (Phi) is 6.43. The summed E-state index contributed by atoms with van der Waals surface area (Å²) in [6, 6.07) is 10.0. The van der Waals surface area contributed by atoms with Crippen molar-refractivity contribution in [3.8, 4) is 0 Å². The Labute approximate surface area is 196 Å². The van der Waals surface area contributed by atoms with E-state index in [0.29, 0.717) is 25.9 Å². The average Bonchev–Trinajstić information content (AvgIpc) is 3.47. The maximum absolute atomic E-state index is 12.9. The lowest BCUT2D eigenvalue weighted by Crippen LogP contribution is -2.39. The molecule has 5 rings (SSSR count). The van der Waals surface area contributed by atoms with Crippen LogP contribution in [-0.2, 0) is 22.6 Å². The van der Waals surface area contributed by atoms with Crippen LogP contribution in [0.1, 0.15) is 79.9 Å². The second kappa shape index (κ2) is 9.62. The quantitative estimate of drug-likeness (QED) is 0.653. The van der Waals surface area contributed by atoms with E-state index in [0.717, 1.165) is 60.2 Å². The summed E-state index contributed by atoms with van der Waals surface area (Å²) >= 11 is 0. The zero-order valence-corrected chi connectivity index (χ0v) is 19.6. The van der Waals surface area contributed by atoms with Gasteiger partial charge in [0.15, 0.2) is 0 Å². The van der Waals surface area contributed by atoms with Gasteiger partial charge in [-0.25, -0.2) is 9.97 Å². The number of amides is 2. The average molecular weight is 447 g/mol. The number of aromatic nitrogens is 2. The highest BCUT2D eigenvalue weighted by molar-refractivity contribution is 6.00. The lowest BCUT2D eigenvalue weighted by Gasteiger charge is -2.32. The van der Waals surface area contributed by atoms with Gasteiger partial charge in [0.05, 0.1) is 13.0 Å². The van der Waals surface area contributed by atoms with Gasteiger partial charge in [0.1, 0.15) is 11.6 Å². The van der Waals surface area contributed by atoms with E-state index in [4.69, 9.17) is 9.97 Å². The Morgan fingerprint density at radius 2 is 1.85 bits per heavy atom. The van der Waals surface area contributed by atoms with Crippen LogP contribution in [0.4, 0.5) is 5.82 Å². The van der Waals surface area contributed by atoms with E-state index in [-0.39, 0.29) is 17.7 Å². The maximum atomic E-state index is 12.9. The van der Waals surface area contributed by atoms with Crippen LogP contribution in [0, 0.1) is 12.8 Å². The standard InChI is InChI=1S/C27H34N4O2/c1-19-23-16-25(33)31(17-21-10-3-2-4-11-21)27(23)29-26(28-19)22-12-7-15-30(18-22)24(32)14-13-20-8-5-6-9-20/h2-4,10-11,20,22H,5-9,12-18H2,1H3. The van der Waals surface area contributed by atoms with Gasteiger partial charge in [-0.2, -0.15) is 0 Å². The van der Waals surface area contributed by atoms with Gasteiger partial charge in [0.25, 0.3) is 0 Å². The zero-order valence-electron chi connectivity index (χ0n) is 19.6. The number of aryl methyl sites for hydroxylation is 1. The van der Waals surface area contributed by atoms with Gasteiger partial charge >= 0.3 is 0 Å². The fraction of sp³-hybridized carbons (Fsp3) is 0.556. The predicted molar refractivity (Wildman–Crippen MR) is 128 cm³/mol. The molecule has 1 saturated heterocycles. The molecule has 0 N–H and O–H groups in total. The molecule has 6 nitrogen and oxygen atoms in total. The number of nitrogens with zero attached hydrogens (tertiary/aromatic N) is 4. The number of hydrogen-bond acceptors (Lipinski definition) is 4. The molecule has 0 radical (unpaired) electrons. The number of benzene rings is 1. The third-order valence-corrected chi connectivity index (χ3v) is 7.66. The van der Waals surface area contributed by atoms with Crippen molar-refractivity contribution in [3.63, 3.8) is 0 Å². The number of hydrogen-bond donors (Lipinski definition) is 0. The number of piperidine rings is 1. The van der Waals surface area contributed by atoms with E-state index in [1.807, 2.05) is 42.2 Å². The summed E-state index contributed by atoms with van der Waals surface area (Å²) in [6.07, 6.45) is 9.25. The Bertz CT molecular complexity index is 1020. The van der Waals surface area contributed by atoms with Crippen LogP contribution >= 0.6 is 0 Å². The normalized spacial score (nSPS) is 21.0. The Hall–Kier alpha value is -2.76. The van der Waals surface area contributed by atoms with Crippen LogP contribution in [0.2, 0.25) is 0 Å². The summed E-state index contributed by atoms with van der Waals surface area (Å²) in [4.78, 5) is 39.3. The minimum atomic E-state index is 0.0794. The maximum Gasteiger partial charge on any atom is 0.233 e. The first-order valence-electron chi connectivity index (χ1n) is 12.6. The number of likely N-dealkylation sites (tertiary alicyclic amines) is 1. The Morgan fingerprint density at radius 3 is 2.64 bits per heavy atom. The largest absolute Gasteiger partial charge is 0.342 e. The van der Waals surface area contributed by atoms with Crippen molar-refractivity contribution in [3.05, 3.63) is 53.0 Å². The first kappa shape index (κ1) is 22.1. The fourth-order valence-corrected chi connectivity index (χ4v) is 5.71. The molecule has 2 aliphatic heterocycles. The minimum absolute atomic E-state index is 0.0794. The second-order valence-corrected chi connectivity index (χ2v) is 9.98. The van der Waals surface area contributed by atoms with Gasteiger partial charge in [-0.1, -0.05) is 56.0 Å². The molecule has 1 aromatic heterocycles. The van der Waals surface area contributed by atoms with Crippen LogP contribution in [0.25, 0.3) is 0 Å². The predicted octanol–water partition coefficient (Wildman–Crippen LogP) is 4.55. The molecule has 1 aromatic carbocycles. The Balaban J connectivity index is 1.30. The van der Waals surface area contributed by atoms with Crippen molar-refractivity contribution in [1.29, 1.82) is 0 Å². The molecular weight excluding hydrogens is 412 g/mol. The van der Waals surface area contributed by atoms with Crippen molar-refractivity contribution in [2.75, 3.05) is 18.0 Å². The molecule has 1 unspecified atom stereocenters. The van der Waals surface area contributed by atoms with Crippen LogP contribution in [-0.4, -0.2) is 39.8 Å². The van der Waals surface area contributed by atoms with Gasteiger partial charge < -0.3 is 4.90 Å². The van der Waals surface area contributed by atoms with Gasteiger partial charge in [-0.05, 0) is 37.7 Å². The monoisotopic (exact) mass is 446 g/mol. The van der Waals surface area contributed by atoms with Crippen LogP contribution in [0.5, 0.6) is 0 Å². The topological polar surface area (TPSA) is 66.4 Å². The summed E-state index contributed by atoms with van der Waals surface area (Å²) in [7, 11) is 0. The molecule has 0 bridgehead atoms. The minimum Gasteiger partial charge on any atom is -0.342 e. The van der Waals surface area contributed by atoms with Crippen molar-refractivity contribution < 1.29 is 9.59 Å². The van der Waals surface area contributed by atoms with E-state index in [9.17, 15) is 9.59 Å². The molecule has 1 saturated carbocycles. The molecule has 3 aliphatic rings. The van der Waals surface area contributed by atoms with Gasteiger partial charge in [-0.15, -0.1) is 0 Å². The lowest BCUT2D eigenvalue weighted by atomic mass is 9.95. The van der Waals surface area contributed by atoms with Crippen molar-refractivity contribution in [2.45, 2.75) is 77.2 Å². The smallest absolute Gasteiger partial charge is 0.233 e. The summed E-state index contributed by atoms with van der Waals surface area (Å²) in [6.45, 7) is 4.03. The lowest BCUT2D eigenvalue weighted by molar-refractivity contribution is -0.132. The van der Waals surface area contributed by atoms with E-state index in [1.165, 1.54) is 25.7 Å². The third kappa shape index (κ3) is 4.80. The third-order valence-electron chi connectivity index (χ3n) is 7.66. The SMILES string of the molecule is Cc1nc(C2CCCN(C(=O)CCC3CCCC3)C2)nc2c1CC(=O)N2Cc1ccccc1. The van der Waals surface area contributed by atoms with E-state index in [1.54, 1.807) is 4.90 Å². The number of rotatable bonds is 6. The molecule has 6 heteroatoms. The number of fused-ring (bicyclic) bond motifs is 1. The summed E-state index contributed by atoms with van der Waals surface area (Å²) in [5, 5.41) is 0. The highest BCUT2D eigenvalue weighted by Crippen LogP contribution is 2.34. The second-order valence-electron chi connectivity index (χ2n) is 9.98. The van der Waals surface area contributed by atoms with E-state index in [2.05, 4.69) is 0 Å². The van der Waals surface area contributed by atoms with Gasteiger partial charge in [0.2, 0.25) is 11.8 Å². The van der Waals surface area contributed by atoms with Gasteiger partial charge in [-0.3, -0.25) is 14.5 Å². The van der Waals surface area contributed by atoms with Crippen LogP contribution < -0.4 is 4.90 Å². The van der Waals surface area contributed by atoms with Crippen LogP contribution in [0.3, 0.4) is 0 Å². The van der Waals surface area contributed by atoms with E-state index < -0.39 is 0 Å². The molecule has 2 aromatic rings. The van der Waals surface area contributed by atoms with Crippen LogP contribution in [0.15, 0.2) is 30.3 Å². The molecule has 0 spiro atoms. The van der Waals surface area contributed by atoms with Gasteiger partial charge in [0, 0.05) is 36.7 Å². The first-order valence-corrected chi connectivity index (χ1v) is 12.6. The molecule has 174 valence electrons. The first-order chi connectivity index (χ1) is 16.1. The number of anilines is 1. The summed E-state index contributed by atoms with van der Waals surface area (Å²) < 4.78 is 0. The molecule has 1 aliphatic carbocycles.